The Morgan fingerprint density at radius 1 is 0.786 bits per heavy atom. The Labute approximate surface area is 250 Å². The number of hydrazone groups is 1. The van der Waals surface area contributed by atoms with Gasteiger partial charge in [0.1, 0.15) is 28.9 Å². The van der Waals surface area contributed by atoms with Gasteiger partial charge < -0.3 is 17.5 Å². The van der Waals surface area contributed by atoms with Crippen LogP contribution in [0.5, 0.6) is 5.75 Å². The quantitative estimate of drug-likeness (QED) is 0.118. The highest BCUT2D eigenvalue weighted by atomic mass is 35.5. The van der Waals surface area contributed by atoms with Gasteiger partial charge in [-0.2, -0.15) is 5.10 Å². The number of aromatic hydroxyl groups is 1. The maximum absolute atomic E-state index is 12.5. The van der Waals surface area contributed by atoms with E-state index < -0.39 is 18.1 Å². The van der Waals surface area contributed by atoms with Crippen LogP contribution in [0.2, 0.25) is 0 Å². The summed E-state index contributed by atoms with van der Waals surface area (Å²) in [5, 5.41) is 29.2. The summed E-state index contributed by atoms with van der Waals surface area (Å²) in [4.78, 5) is 22.8. The van der Waals surface area contributed by atoms with Crippen LogP contribution in [0.15, 0.2) is 139 Å². The number of halogens is 1. The van der Waals surface area contributed by atoms with Crippen molar-refractivity contribution in [2.45, 2.75) is 6.16 Å². The Morgan fingerprint density at radius 3 is 1.76 bits per heavy atom. The molecule has 5 rings (SSSR count). The molecule has 210 valence electrons. The van der Waals surface area contributed by atoms with Gasteiger partial charge in [-0.1, -0.05) is 60.7 Å². The molecule has 5 aromatic rings. The average molecular weight is 596 g/mol. The van der Waals surface area contributed by atoms with Gasteiger partial charge in [-0.05, 0) is 66.2 Å². The van der Waals surface area contributed by atoms with Crippen LogP contribution in [0.1, 0.15) is 21.5 Å². The van der Waals surface area contributed by atoms with Gasteiger partial charge in [0.15, 0.2) is 0 Å². The first-order valence-corrected chi connectivity index (χ1v) is 14.9. The molecule has 9 heteroatoms. The zero-order valence-electron chi connectivity index (χ0n) is 22.4. The summed E-state index contributed by atoms with van der Waals surface area (Å²) in [6.45, 7) is 0. The zero-order valence-corrected chi connectivity index (χ0v) is 24.0. The van der Waals surface area contributed by atoms with Gasteiger partial charge in [-0.25, -0.2) is 5.43 Å². The molecule has 0 saturated heterocycles. The van der Waals surface area contributed by atoms with Crippen LogP contribution in [0.25, 0.3) is 0 Å². The van der Waals surface area contributed by atoms with Crippen molar-refractivity contribution in [2.75, 3.05) is 0 Å². The molecule has 1 amide bonds. The maximum Gasteiger partial charge on any atom is 0.271 e. The van der Waals surface area contributed by atoms with Gasteiger partial charge in [0.05, 0.1) is 17.3 Å². The van der Waals surface area contributed by atoms with E-state index in [1.807, 2.05) is 30.3 Å². The third kappa shape index (κ3) is 6.55. The van der Waals surface area contributed by atoms with E-state index in [1.165, 1.54) is 46.4 Å². The number of nitrogens with zero attached hydrogens (tertiary/aromatic N) is 2. The predicted molar refractivity (Wildman–Crippen MR) is 165 cm³/mol. The second kappa shape index (κ2) is 13.7. The number of carbonyl (C=O) groups excluding carboxylic acids is 1. The summed E-state index contributed by atoms with van der Waals surface area (Å²) in [6.07, 6.45) is 2.11. The molecule has 0 heterocycles. The van der Waals surface area contributed by atoms with E-state index >= 15 is 0 Å². The van der Waals surface area contributed by atoms with Crippen LogP contribution in [0, 0.1) is 10.1 Å². The first-order valence-electron chi connectivity index (χ1n) is 12.9. The van der Waals surface area contributed by atoms with Crippen LogP contribution in [-0.2, 0) is 6.16 Å². The lowest BCUT2D eigenvalue weighted by Crippen LogP contribution is -3.00. The molecule has 5 aromatic carbocycles. The monoisotopic (exact) mass is 595 g/mol. The van der Waals surface area contributed by atoms with Crippen LogP contribution < -0.4 is 33.7 Å². The number of nitro benzene ring substituents is 1. The molecule has 0 atom stereocenters. The average Bonchev–Trinajstić information content (AvgIpc) is 3.02. The van der Waals surface area contributed by atoms with Crippen molar-refractivity contribution in [3.05, 3.63) is 160 Å². The number of rotatable bonds is 9. The first-order chi connectivity index (χ1) is 20.0. The van der Waals surface area contributed by atoms with Crippen molar-refractivity contribution in [1.82, 2.24) is 5.43 Å². The van der Waals surface area contributed by atoms with E-state index in [-0.39, 0.29) is 29.4 Å². The fraction of sp³-hybridized carbons (Fsp3) is 0.0303. The number of carbonyl (C=O) groups is 1. The van der Waals surface area contributed by atoms with Crippen LogP contribution in [0.4, 0.5) is 5.69 Å². The van der Waals surface area contributed by atoms with E-state index in [0.717, 1.165) is 5.56 Å². The molecule has 0 saturated carbocycles. The fourth-order valence-electron chi connectivity index (χ4n) is 4.81. The highest BCUT2D eigenvalue weighted by molar-refractivity contribution is 7.95. The summed E-state index contributed by atoms with van der Waals surface area (Å²) in [6, 6.07) is 42.3. The number of nitro groups is 1. The Balaban J connectivity index is 0.00000405. The number of amides is 1. The zero-order chi connectivity index (χ0) is 28.7. The van der Waals surface area contributed by atoms with Gasteiger partial charge in [0, 0.05) is 23.3 Å². The van der Waals surface area contributed by atoms with Gasteiger partial charge in [-0.15, -0.1) is 0 Å². The Morgan fingerprint density at radius 2 is 1.29 bits per heavy atom. The second-order valence-electron chi connectivity index (χ2n) is 9.37. The van der Waals surface area contributed by atoms with Crippen molar-refractivity contribution in [1.29, 1.82) is 0 Å². The van der Waals surface area contributed by atoms with Crippen molar-refractivity contribution in [2.24, 2.45) is 5.10 Å². The molecule has 7 nitrogen and oxygen atoms in total. The minimum absolute atomic E-state index is 0. The summed E-state index contributed by atoms with van der Waals surface area (Å²) in [5.74, 6) is -0.487. The minimum Gasteiger partial charge on any atom is -1.00 e. The van der Waals surface area contributed by atoms with Crippen LogP contribution >= 0.6 is 7.26 Å². The summed E-state index contributed by atoms with van der Waals surface area (Å²) in [5.41, 5.74) is 4.02. The molecule has 0 aliphatic heterocycles. The van der Waals surface area contributed by atoms with Gasteiger partial charge in [0.2, 0.25) is 0 Å². The summed E-state index contributed by atoms with van der Waals surface area (Å²) >= 11 is 0. The molecule has 42 heavy (non-hydrogen) atoms. The van der Waals surface area contributed by atoms with Crippen molar-refractivity contribution in [3.8, 4) is 5.75 Å². The molecule has 0 bridgehead atoms. The first kappa shape index (κ1) is 30.1. The molecule has 0 aliphatic rings. The number of hydrogen-bond acceptors (Lipinski definition) is 5. The molecule has 0 aromatic heterocycles. The third-order valence-electron chi connectivity index (χ3n) is 6.81. The van der Waals surface area contributed by atoms with Gasteiger partial charge in [0.25, 0.3) is 11.6 Å². The van der Waals surface area contributed by atoms with E-state index in [1.54, 1.807) is 6.07 Å². The van der Waals surface area contributed by atoms with E-state index in [4.69, 9.17) is 0 Å². The van der Waals surface area contributed by atoms with Crippen molar-refractivity contribution in [3.63, 3.8) is 0 Å². The summed E-state index contributed by atoms with van der Waals surface area (Å²) < 4.78 is 0. The van der Waals surface area contributed by atoms with Gasteiger partial charge in [-0.3, -0.25) is 14.9 Å². The molecule has 0 unspecified atom stereocenters. The molecule has 0 spiro atoms. The van der Waals surface area contributed by atoms with Gasteiger partial charge >= 0.3 is 0 Å². The maximum atomic E-state index is 12.5. The predicted octanol–water partition coefficient (Wildman–Crippen LogP) is 2.56. The molecular weight excluding hydrogens is 569 g/mol. The number of phenols is 1. The number of benzene rings is 5. The fourth-order valence-corrected chi connectivity index (χ4v) is 9.04. The largest absolute Gasteiger partial charge is 1.00 e. The highest BCUT2D eigenvalue weighted by Crippen LogP contribution is 2.58. The van der Waals surface area contributed by atoms with Crippen molar-refractivity contribution < 1.29 is 27.2 Å². The molecular formula is C33H27ClN3O4P. The smallest absolute Gasteiger partial charge is 0.271 e. The number of nitrogens with one attached hydrogen (secondary N) is 1. The molecule has 0 radical (unpaired) electrons. The lowest BCUT2D eigenvalue weighted by Gasteiger charge is -2.28. The summed E-state index contributed by atoms with van der Waals surface area (Å²) in [7, 11) is -2.15. The number of phenolic OH excluding ortho intramolecular Hbond substituents is 1. The SMILES string of the molecule is O=C(N/N=C/c1cc(C[P+](c2ccccc2)(c2ccccc2)c2ccccc2)ccc1O)c1ccc([N+](=O)[O-])cc1.[Cl-]. The lowest BCUT2D eigenvalue weighted by atomic mass is 10.1. The van der Waals surface area contributed by atoms with E-state index in [9.17, 15) is 20.0 Å². The second-order valence-corrected chi connectivity index (χ2v) is 12.9. The normalized spacial score (nSPS) is 11.0. The Hall–Kier alpha value is -4.84. The van der Waals surface area contributed by atoms with Crippen molar-refractivity contribution >= 4 is 41.0 Å². The lowest BCUT2D eigenvalue weighted by molar-refractivity contribution is -0.384. The number of hydrogen-bond donors (Lipinski definition) is 2. The molecule has 0 aliphatic carbocycles. The number of non-ortho nitro benzene ring substituents is 1. The molecule has 0 fully saturated rings. The standard InChI is InChI=1S/C33H26N3O4P.ClH/c37-32-21-16-25(22-27(32)23-34-35-33(38)26-17-19-28(20-18-26)36(39)40)24-41(29-10-4-1-5-11-29,30-12-6-2-7-13-30)31-14-8-3-9-15-31;/h1-23H,24H2,(H-,34,35,37,38);1H. The van der Waals surface area contributed by atoms with Crippen LogP contribution in [0.3, 0.4) is 0 Å². The minimum atomic E-state index is -2.15. The Bertz CT molecular complexity index is 1590. The van der Waals surface area contributed by atoms with Crippen LogP contribution in [-0.4, -0.2) is 22.2 Å². The Kier molecular flexibility index (Phi) is 9.81. The topological polar surface area (TPSA) is 105 Å². The van der Waals surface area contributed by atoms with E-state index in [0.29, 0.717) is 11.7 Å². The third-order valence-corrected chi connectivity index (χ3v) is 11.2. The van der Waals surface area contributed by atoms with E-state index in [2.05, 4.69) is 83.3 Å². The highest BCUT2D eigenvalue weighted by Gasteiger charge is 2.45. The molecule has 2 N–H and O–H groups in total.